The van der Waals surface area contributed by atoms with E-state index in [-0.39, 0.29) is 0 Å². The molecule has 1 atom stereocenters. The largest absolute Gasteiger partial charge is 0.343 e. The Morgan fingerprint density at radius 3 is 2.64 bits per heavy atom. The first kappa shape index (κ1) is 7.77. The molecule has 1 aliphatic carbocycles. The van der Waals surface area contributed by atoms with Crippen LogP contribution in [0.3, 0.4) is 0 Å². The molecule has 0 N–H and O–H groups in total. The van der Waals surface area contributed by atoms with Crippen LogP contribution in [0.4, 0.5) is 0 Å². The van der Waals surface area contributed by atoms with E-state index in [1.54, 1.807) is 0 Å². The number of rotatable bonds is 0. The molecule has 0 aromatic carbocycles. The Hall–Kier alpha value is 0.140. The van der Waals surface area contributed by atoms with E-state index in [4.69, 9.17) is 9.47 Å². The first-order valence-corrected chi connectivity index (χ1v) is 4.68. The molecule has 11 heavy (non-hydrogen) atoms. The molecule has 1 aliphatic heterocycles. The van der Waals surface area contributed by atoms with E-state index < -0.39 is 5.79 Å². The minimum Gasteiger partial charge on any atom is -0.343 e. The van der Waals surface area contributed by atoms with Crippen LogP contribution in [0.15, 0.2) is 10.6 Å². The lowest BCUT2D eigenvalue weighted by Gasteiger charge is -2.22. The van der Waals surface area contributed by atoms with Gasteiger partial charge in [-0.1, -0.05) is 28.9 Å². The van der Waals surface area contributed by atoms with Gasteiger partial charge in [-0.25, -0.2) is 0 Å². The molecule has 0 unspecified atom stereocenters. The molecule has 0 saturated carbocycles. The van der Waals surface area contributed by atoms with Crippen LogP contribution in [-0.2, 0) is 9.47 Å². The van der Waals surface area contributed by atoms with Crippen molar-refractivity contribution in [3.63, 3.8) is 0 Å². The number of hydrogen-bond donors (Lipinski definition) is 0. The molecule has 1 saturated heterocycles. The van der Waals surface area contributed by atoms with Gasteiger partial charge in [-0.05, 0) is 5.92 Å². The number of halogens is 1. The molecule has 62 valence electrons. The lowest BCUT2D eigenvalue weighted by Crippen LogP contribution is -2.27. The van der Waals surface area contributed by atoms with Gasteiger partial charge in [0.2, 0.25) is 5.79 Å². The summed E-state index contributed by atoms with van der Waals surface area (Å²) in [5.41, 5.74) is 0. The molecule has 2 rings (SSSR count). The van der Waals surface area contributed by atoms with Gasteiger partial charge in [0.1, 0.15) is 0 Å². The summed E-state index contributed by atoms with van der Waals surface area (Å²) in [4.78, 5) is 0. The van der Waals surface area contributed by atoms with Gasteiger partial charge >= 0.3 is 0 Å². The van der Waals surface area contributed by atoms with Gasteiger partial charge in [0, 0.05) is 6.42 Å². The molecular formula is C8H11BrO2. The van der Waals surface area contributed by atoms with Crippen molar-refractivity contribution in [2.24, 2.45) is 5.92 Å². The maximum absolute atomic E-state index is 5.55. The van der Waals surface area contributed by atoms with Crippen LogP contribution in [-0.4, -0.2) is 19.0 Å². The molecule has 3 heteroatoms. The lowest BCUT2D eigenvalue weighted by atomic mass is 10.1. The Morgan fingerprint density at radius 1 is 1.55 bits per heavy atom. The molecule has 1 fully saturated rings. The monoisotopic (exact) mass is 218 g/mol. The maximum atomic E-state index is 5.55. The van der Waals surface area contributed by atoms with Gasteiger partial charge in [0.15, 0.2) is 0 Å². The van der Waals surface area contributed by atoms with Gasteiger partial charge in [-0.3, -0.25) is 0 Å². The quantitative estimate of drug-likeness (QED) is 0.620. The molecule has 0 aromatic heterocycles. The summed E-state index contributed by atoms with van der Waals surface area (Å²) in [5.74, 6) is 0.154. The number of ether oxygens (including phenoxy) is 2. The Bertz CT molecular complexity index is 194. The maximum Gasteiger partial charge on any atom is 0.201 e. The van der Waals surface area contributed by atoms with Gasteiger partial charge in [0.05, 0.1) is 17.7 Å². The Labute approximate surface area is 74.7 Å². The second kappa shape index (κ2) is 2.57. The summed E-state index contributed by atoms with van der Waals surface area (Å²) < 4.78 is 12.2. The Morgan fingerprint density at radius 2 is 2.18 bits per heavy atom. The average Bonchev–Trinajstić information content (AvgIpc) is 2.45. The third-order valence-corrected chi connectivity index (χ3v) is 3.01. The second-order valence-corrected chi connectivity index (χ2v) is 4.00. The van der Waals surface area contributed by atoms with Crippen molar-refractivity contribution >= 4 is 15.9 Å². The van der Waals surface area contributed by atoms with Crippen molar-refractivity contribution in [3.05, 3.63) is 10.6 Å². The summed E-state index contributed by atoms with van der Waals surface area (Å²) in [5, 5.41) is 0. The van der Waals surface area contributed by atoms with Crippen molar-refractivity contribution in [2.45, 2.75) is 19.1 Å². The Balaban J connectivity index is 2.21. The highest BCUT2D eigenvalue weighted by Gasteiger charge is 2.44. The molecule has 0 aromatic rings. The predicted octanol–water partition coefficient (Wildman–Crippen LogP) is 2.05. The highest BCUT2D eigenvalue weighted by molar-refractivity contribution is 9.11. The molecule has 2 aliphatic rings. The first-order chi connectivity index (χ1) is 5.23. The van der Waals surface area contributed by atoms with E-state index in [0.717, 1.165) is 24.1 Å². The fourth-order valence-electron chi connectivity index (χ4n) is 1.67. The zero-order valence-electron chi connectivity index (χ0n) is 6.47. The normalized spacial score (nSPS) is 34.7. The van der Waals surface area contributed by atoms with Crippen LogP contribution in [0, 0.1) is 5.92 Å². The van der Waals surface area contributed by atoms with Crippen LogP contribution in [0.25, 0.3) is 0 Å². The summed E-state index contributed by atoms with van der Waals surface area (Å²) in [6, 6.07) is 0. The topological polar surface area (TPSA) is 18.5 Å². The second-order valence-electron chi connectivity index (χ2n) is 3.15. The van der Waals surface area contributed by atoms with E-state index in [1.165, 1.54) is 0 Å². The minimum absolute atomic E-state index is 0.403. The van der Waals surface area contributed by atoms with E-state index in [0.29, 0.717) is 5.92 Å². The SMILES string of the molecule is C[C@@H]1C=C(Br)C2(C1)OCCO2. The lowest BCUT2D eigenvalue weighted by molar-refractivity contribution is -0.121. The predicted molar refractivity (Wildman–Crippen MR) is 45.4 cm³/mol. The smallest absolute Gasteiger partial charge is 0.201 e. The van der Waals surface area contributed by atoms with Crippen molar-refractivity contribution in [3.8, 4) is 0 Å². The summed E-state index contributed by atoms with van der Waals surface area (Å²) in [7, 11) is 0. The van der Waals surface area contributed by atoms with Crippen LogP contribution >= 0.6 is 15.9 Å². The highest BCUT2D eigenvalue weighted by Crippen LogP contribution is 2.43. The van der Waals surface area contributed by atoms with Crippen LogP contribution in [0.1, 0.15) is 13.3 Å². The summed E-state index contributed by atoms with van der Waals surface area (Å²) in [6.45, 7) is 3.60. The van der Waals surface area contributed by atoms with Gasteiger partial charge in [0.25, 0.3) is 0 Å². The molecule has 0 bridgehead atoms. The fourth-order valence-corrected chi connectivity index (χ4v) is 2.51. The van der Waals surface area contributed by atoms with Crippen LogP contribution in [0.5, 0.6) is 0 Å². The van der Waals surface area contributed by atoms with Gasteiger partial charge in [-0.15, -0.1) is 0 Å². The van der Waals surface area contributed by atoms with E-state index in [2.05, 4.69) is 28.9 Å². The molecule has 1 spiro atoms. The molecule has 1 heterocycles. The highest BCUT2D eigenvalue weighted by atomic mass is 79.9. The average molecular weight is 219 g/mol. The van der Waals surface area contributed by atoms with E-state index in [1.807, 2.05) is 0 Å². The first-order valence-electron chi connectivity index (χ1n) is 3.89. The van der Waals surface area contributed by atoms with Crippen molar-refractivity contribution in [1.82, 2.24) is 0 Å². The molecule has 2 nitrogen and oxygen atoms in total. The third kappa shape index (κ3) is 1.15. The van der Waals surface area contributed by atoms with E-state index >= 15 is 0 Å². The van der Waals surface area contributed by atoms with E-state index in [9.17, 15) is 0 Å². The van der Waals surface area contributed by atoms with Crippen molar-refractivity contribution in [2.75, 3.05) is 13.2 Å². The van der Waals surface area contributed by atoms with Gasteiger partial charge < -0.3 is 9.47 Å². The fraction of sp³-hybridized carbons (Fsp3) is 0.750. The minimum atomic E-state index is -0.403. The van der Waals surface area contributed by atoms with Crippen LogP contribution < -0.4 is 0 Å². The molecular weight excluding hydrogens is 208 g/mol. The number of hydrogen-bond acceptors (Lipinski definition) is 2. The summed E-state index contributed by atoms with van der Waals surface area (Å²) in [6.07, 6.45) is 3.11. The zero-order valence-corrected chi connectivity index (χ0v) is 8.06. The summed E-state index contributed by atoms with van der Waals surface area (Å²) >= 11 is 3.47. The molecule has 0 radical (unpaired) electrons. The van der Waals surface area contributed by atoms with Gasteiger partial charge in [-0.2, -0.15) is 0 Å². The third-order valence-electron chi connectivity index (χ3n) is 2.14. The van der Waals surface area contributed by atoms with Crippen molar-refractivity contribution in [1.29, 1.82) is 0 Å². The molecule has 0 amide bonds. The van der Waals surface area contributed by atoms with Crippen molar-refractivity contribution < 1.29 is 9.47 Å². The number of allylic oxidation sites excluding steroid dienone is 1. The Kier molecular flexibility index (Phi) is 1.82. The van der Waals surface area contributed by atoms with Crippen LogP contribution in [0.2, 0.25) is 0 Å². The standard InChI is InChI=1S/C8H11BrO2/c1-6-4-7(9)8(5-6)10-2-3-11-8/h4,6H,2-3,5H2,1H3/t6-/m1/s1. The zero-order chi connectivity index (χ0) is 7.90.